The fourth-order valence-corrected chi connectivity index (χ4v) is 3.59. The highest BCUT2D eigenvalue weighted by Gasteiger charge is 2.28. The predicted octanol–water partition coefficient (Wildman–Crippen LogP) is 4.51. The van der Waals surface area contributed by atoms with Crippen molar-refractivity contribution in [1.29, 1.82) is 0 Å². The van der Waals surface area contributed by atoms with Gasteiger partial charge in [-0.15, -0.1) is 0 Å². The Bertz CT molecular complexity index is 371. The van der Waals surface area contributed by atoms with Crippen molar-refractivity contribution in [3.05, 3.63) is 24.3 Å². The van der Waals surface area contributed by atoms with Crippen molar-refractivity contribution >= 4 is 0 Å². The average molecular weight is 289 g/mol. The maximum Gasteiger partial charge on any atom is 0.0758 e. The summed E-state index contributed by atoms with van der Waals surface area (Å²) in [6.45, 7) is 5.59. The third kappa shape index (κ3) is 5.06. The van der Waals surface area contributed by atoms with Gasteiger partial charge < -0.3 is 5.32 Å². The van der Waals surface area contributed by atoms with E-state index >= 15 is 0 Å². The van der Waals surface area contributed by atoms with Gasteiger partial charge in [0, 0.05) is 18.6 Å². The molecular weight excluding hydrogens is 258 g/mol. The standard InChI is InChI=1S/C18H31N3/c1-3-5-6-15-7-9-16(10-8-15)18(21-11-4-2)17-14-19-12-13-20-17/h12-16,18,21H,3-11H2,1-2H3. The lowest BCUT2D eigenvalue weighted by atomic mass is 9.76. The van der Waals surface area contributed by atoms with Crippen molar-refractivity contribution in [3.8, 4) is 0 Å². The van der Waals surface area contributed by atoms with Crippen molar-refractivity contribution in [3.63, 3.8) is 0 Å². The summed E-state index contributed by atoms with van der Waals surface area (Å²) in [5.41, 5.74) is 1.13. The van der Waals surface area contributed by atoms with Crippen LogP contribution in [-0.4, -0.2) is 16.5 Å². The summed E-state index contributed by atoms with van der Waals surface area (Å²) < 4.78 is 0. The number of rotatable bonds is 8. The number of nitrogens with zero attached hydrogens (tertiary/aromatic N) is 2. The van der Waals surface area contributed by atoms with Crippen molar-refractivity contribution in [2.75, 3.05) is 6.54 Å². The van der Waals surface area contributed by atoms with Gasteiger partial charge in [0.1, 0.15) is 0 Å². The van der Waals surface area contributed by atoms with Crippen LogP contribution in [0.1, 0.15) is 76.9 Å². The molecule has 118 valence electrons. The van der Waals surface area contributed by atoms with E-state index in [1.165, 1.54) is 51.4 Å². The number of aromatic nitrogens is 2. The van der Waals surface area contributed by atoms with E-state index in [1.807, 2.05) is 12.4 Å². The fraction of sp³-hybridized carbons (Fsp3) is 0.778. The summed E-state index contributed by atoms with van der Waals surface area (Å²) in [5.74, 6) is 1.70. The molecular formula is C18H31N3. The van der Waals surface area contributed by atoms with E-state index in [0.717, 1.165) is 24.1 Å². The highest BCUT2D eigenvalue weighted by molar-refractivity contribution is 5.05. The maximum atomic E-state index is 4.55. The first-order valence-electron chi connectivity index (χ1n) is 8.84. The van der Waals surface area contributed by atoms with Crippen molar-refractivity contribution < 1.29 is 0 Å². The van der Waals surface area contributed by atoms with Crippen LogP contribution in [-0.2, 0) is 0 Å². The van der Waals surface area contributed by atoms with Crippen molar-refractivity contribution in [1.82, 2.24) is 15.3 Å². The van der Waals surface area contributed by atoms with E-state index in [-0.39, 0.29) is 0 Å². The maximum absolute atomic E-state index is 4.55. The van der Waals surface area contributed by atoms with E-state index in [9.17, 15) is 0 Å². The van der Waals surface area contributed by atoms with Gasteiger partial charge in [-0.05, 0) is 37.6 Å². The van der Waals surface area contributed by atoms with E-state index < -0.39 is 0 Å². The molecule has 0 radical (unpaired) electrons. The van der Waals surface area contributed by atoms with E-state index in [1.54, 1.807) is 6.20 Å². The van der Waals surface area contributed by atoms with Crippen molar-refractivity contribution in [2.24, 2.45) is 11.8 Å². The van der Waals surface area contributed by atoms with Gasteiger partial charge in [-0.2, -0.15) is 0 Å². The molecule has 0 saturated heterocycles. The Kier molecular flexibility index (Phi) is 7.14. The lowest BCUT2D eigenvalue weighted by Gasteiger charge is -2.34. The van der Waals surface area contributed by atoms with Crippen LogP contribution < -0.4 is 5.32 Å². The Morgan fingerprint density at radius 3 is 2.57 bits per heavy atom. The molecule has 1 N–H and O–H groups in total. The summed E-state index contributed by atoms with van der Waals surface area (Å²) in [7, 11) is 0. The second-order valence-corrected chi connectivity index (χ2v) is 6.49. The van der Waals surface area contributed by atoms with Crippen LogP contribution in [0.15, 0.2) is 18.6 Å². The molecule has 1 aliphatic carbocycles. The lowest BCUT2D eigenvalue weighted by Crippen LogP contribution is -2.32. The SMILES string of the molecule is CCCCC1CCC(C(NCCC)c2cnccn2)CC1. The monoisotopic (exact) mass is 289 g/mol. The van der Waals surface area contributed by atoms with E-state index in [0.29, 0.717) is 6.04 Å². The van der Waals surface area contributed by atoms with Crippen LogP contribution in [0, 0.1) is 11.8 Å². The summed E-state index contributed by atoms with van der Waals surface area (Å²) >= 11 is 0. The average Bonchev–Trinajstić information content (AvgIpc) is 2.55. The van der Waals surface area contributed by atoms with Crippen LogP contribution >= 0.6 is 0 Å². The molecule has 0 bridgehead atoms. The van der Waals surface area contributed by atoms with Gasteiger partial charge in [-0.25, -0.2) is 0 Å². The molecule has 0 amide bonds. The Morgan fingerprint density at radius 2 is 1.95 bits per heavy atom. The highest BCUT2D eigenvalue weighted by atomic mass is 15.0. The molecule has 1 fully saturated rings. The smallest absolute Gasteiger partial charge is 0.0758 e. The molecule has 1 aliphatic rings. The van der Waals surface area contributed by atoms with Crippen molar-refractivity contribution in [2.45, 2.75) is 71.3 Å². The van der Waals surface area contributed by atoms with Gasteiger partial charge in [0.25, 0.3) is 0 Å². The van der Waals surface area contributed by atoms with E-state index in [2.05, 4.69) is 29.1 Å². The number of unbranched alkanes of at least 4 members (excludes halogenated alkanes) is 1. The number of nitrogens with one attached hydrogen (secondary N) is 1. The normalized spacial score (nSPS) is 23.9. The van der Waals surface area contributed by atoms with Gasteiger partial charge in [0.05, 0.1) is 11.7 Å². The van der Waals surface area contributed by atoms with Gasteiger partial charge in [0.15, 0.2) is 0 Å². The molecule has 0 aliphatic heterocycles. The fourth-order valence-electron chi connectivity index (χ4n) is 3.59. The Labute approximate surface area is 130 Å². The molecule has 1 atom stereocenters. The van der Waals surface area contributed by atoms with Crippen LogP contribution in [0.2, 0.25) is 0 Å². The third-order valence-corrected chi connectivity index (χ3v) is 4.84. The molecule has 1 aromatic rings. The molecule has 1 heterocycles. The first kappa shape index (κ1) is 16.4. The molecule has 3 heteroatoms. The second-order valence-electron chi connectivity index (χ2n) is 6.49. The molecule has 0 spiro atoms. The van der Waals surface area contributed by atoms with E-state index in [4.69, 9.17) is 0 Å². The second kappa shape index (κ2) is 9.14. The first-order chi connectivity index (χ1) is 10.3. The molecule has 1 aromatic heterocycles. The minimum atomic E-state index is 0.394. The molecule has 1 saturated carbocycles. The quantitative estimate of drug-likeness (QED) is 0.765. The van der Waals surface area contributed by atoms with Crippen LogP contribution in [0.4, 0.5) is 0 Å². The topological polar surface area (TPSA) is 37.8 Å². The Hall–Kier alpha value is -0.960. The van der Waals surface area contributed by atoms with Gasteiger partial charge in [-0.3, -0.25) is 9.97 Å². The zero-order valence-electron chi connectivity index (χ0n) is 13.7. The number of hydrogen-bond acceptors (Lipinski definition) is 3. The molecule has 2 rings (SSSR count). The van der Waals surface area contributed by atoms with Crippen LogP contribution in [0.5, 0.6) is 0 Å². The zero-order valence-corrected chi connectivity index (χ0v) is 13.7. The Balaban J connectivity index is 1.92. The third-order valence-electron chi connectivity index (χ3n) is 4.84. The molecule has 1 unspecified atom stereocenters. The van der Waals surface area contributed by atoms with Gasteiger partial charge >= 0.3 is 0 Å². The summed E-state index contributed by atoms with van der Waals surface area (Å²) in [6.07, 6.45) is 16.3. The zero-order chi connectivity index (χ0) is 14.9. The molecule has 21 heavy (non-hydrogen) atoms. The van der Waals surface area contributed by atoms with Gasteiger partial charge in [0.2, 0.25) is 0 Å². The largest absolute Gasteiger partial charge is 0.308 e. The predicted molar refractivity (Wildman–Crippen MR) is 88.0 cm³/mol. The lowest BCUT2D eigenvalue weighted by molar-refractivity contribution is 0.210. The number of hydrogen-bond donors (Lipinski definition) is 1. The van der Waals surface area contributed by atoms with Crippen LogP contribution in [0.25, 0.3) is 0 Å². The molecule has 3 nitrogen and oxygen atoms in total. The highest BCUT2D eigenvalue weighted by Crippen LogP contribution is 2.37. The summed E-state index contributed by atoms with van der Waals surface area (Å²) in [5, 5.41) is 3.71. The minimum Gasteiger partial charge on any atom is -0.308 e. The Morgan fingerprint density at radius 1 is 1.14 bits per heavy atom. The summed E-state index contributed by atoms with van der Waals surface area (Å²) in [6, 6.07) is 0.394. The first-order valence-corrected chi connectivity index (χ1v) is 8.84. The minimum absolute atomic E-state index is 0.394. The summed E-state index contributed by atoms with van der Waals surface area (Å²) in [4.78, 5) is 8.81. The molecule has 0 aromatic carbocycles. The van der Waals surface area contributed by atoms with Crippen LogP contribution in [0.3, 0.4) is 0 Å². The van der Waals surface area contributed by atoms with Gasteiger partial charge in [-0.1, -0.05) is 46.0 Å².